The first-order chi connectivity index (χ1) is 18.7. The molecule has 8 nitrogen and oxygen atoms in total. The van der Waals surface area contributed by atoms with Gasteiger partial charge in [-0.05, 0) is 35.9 Å². The van der Waals surface area contributed by atoms with Crippen LogP contribution in [0, 0.1) is 5.82 Å². The van der Waals surface area contributed by atoms with E-state index in [1.54, 1.807) is 23.5 Å². The molecule has 202 valence electrons. The second kappa shape index (κ2) is 12.3. The maximum atomic E-state index is 14.0. The fourth-order valence-electron chi connectivity index (χ4n) is 3.59. The van der Waals surface area contributed by atoms with Crippen molar-refractivity contribution < 1.29 is 31.9 Å². The highest BCUT2D eigenvalue weighted by Gasteiger charge is 2.28. The number of carbonyl (C=O) groups is 2. The zero-order valence-corrected chi connectivity index (χ0v) is 20.4. The summed E-state index contributed by atoms with van der Waals surface area (Å²) in [5.74, 6) is -1.96. The van der Waals surface area contributed by atoms with Gasteiger partial charge in [0.2, 0.25) is 0 Å². The lowest BCUT2D eigenvalue weighted by atomic mass is 10.2. The highest BCUT2D eigenvalue weighted by Crippen LogP contribution is 2.18. The molecule has 0 bridgehead atoms. The Morgan fingerprint density at radius 1 is 0.846 bits per heavy atom. The van der Waals surface area contributed by atoms with Gasteiger partial charge in [0.05, 0.1) is 18.9 Å². The van der Waals surface area contributed by atoms with Gasteiger partial charge in [-0.25, -0.2) is 9.07 Å². The molecule has 0 unspecified atom stereocenters. The van der Waals surface area contributed by atoms with E-state index in [1.165, 1.54) is 35.0 Å². The maximum absolute atomic E-state index is 14.0. The number of hydrogen-bond acceptors (Lipinski definition) is 5. The molecule has 0 spiro atoms. The predicted octanol–water partition coefficient (Wildman–Crippen LogP) is 4.35. The van der Waals surface area contributed by atoms with E-state index in [0.29, 0.717) is 11.3 Å². The molecular formula is C27H23F4N5O3. The average Bonchev–Trinajstić information content (AvgIpc) is 3.35. The normalized spacial score (nSPS) is 11.3. The lowest BCUT2D eigenvalue weighted by Gasteiger charge is -2.11. The summed E-state index contributed by atoms with van der Waals surface area (Å²) in [6, 6.07) is 20.9. The number of amides is 2. The third kappa shape index (κ3) is 7.48. The van der Waals surface area contributed by atoms with Crippen LogP contribution in [-0.4, -0.2) is 39.5 Å². The highest BCUT2D eigenvalue weighted by atomic mass is 19.4. The number of aromatic nitrogens is 3. The fourth-order valence-corrected chi connectivity index (χ4v) is 3.59. The molecule has 3 aromatic carbocycles. The number of ether oxygens (including phenoxy) is 1. The fraction of sp³-hybridized carbons (Fsp3) is 0.185. The quantitative estimate of drug-likeness (QED) is 0.291. The van der Waals surface area contributed by atoms with Gasteiger partial charge in [-0.15, -0.1) is 5.10 Å². The Labute approximate surface area is 220 Å². The van der Waals surface area contributed by atoms with Crippen LogP contribution in [0.2, 0.25) is 0 Å². The van der Waals surface area contributed by atoms with Gasteiger partial charge in [-0.2, -0.15) is 13.2 Å². The van der Waals surface area contributed by atoms with E-state index in [0.717, 1.165) is 5.56 Å². The van der Waals surface area contributed by atoms with Crippen LogP contribution < -0.4 is 10.6 Å². The SMILES string of the molecule is O=C(NCC(F)(F)F)c1ccc(-n2nnc(C(=O)NCc3ccccc3F)c2COCc2ccccc2)cc1. The molecule has 0 aliphatic rings. The third-order valence-electron chi connectivity index (χ3n) is 5.55. The van der Waals surface area contributed by atoms with Gasteiger partial charge in [0.25, 0.3) is 11.8 Å². The van der Waals surface area contributed by atoms with Gasteiger partial charge in [0.15, 0.2) is 5.69 Å². The number of halogens is 4. The minimum Gasteiger partial charge on any atom is -0.370 e. The minimum absolute atomic E-state index is 0.00727. The van der Waals surface area contributed by atoms with Gasteiger partial charge < -0.3 is 15.4 Å². The zero-order chi connectivity index (χ0) is 27.8. The molecule has 4 aromatic rings. The van der Waals surface area contributed by atoms with Gasteiger partial charge in [-0.3, -0.25) is 9.59 Å². The molecule has 4 rings (SSSR count). The van der Waals surface area contributed by atoms with Crippen molar-refractivity contribution in [3.05, 3.63) is 113 Å². The molecule has 0 aliphatic heterocycles. The van der Waals surface area contributed by atoms with Crippen LogP contribution in [0.4, 0.5) is 17.6 Å². The van der Waals surface area contributed by atoms with Gasteiger partial charge in [0, 0.05) is 17.7 Å². The number of hydrogen-bond donors (Lipinski definition) is 2. The van der Waals surface area contributed by atoms with Crippen molar-refractivity contribution in [1.82, 2.24) is 25.6 Å². The summed E-state index contributed by atoms with van der Waals surface area (Å²) >= 11 is 0. The Balaban J connectivity index is 1.54. The van der Waals surface area contributed by atoms with Gasteiger partial charge in [-0.1, -0.05) is 53.7 Å². The maximum Gasteiger partial charge on any atom is 0.405 e. The Bertz CT molecular complexity index is 1420. The number of benzene rings is 3. The average molecular weight is 542 g/mol. The molecule has 0 saturated carbocycles. The van der Waals surface area contributed by atoms with Gasteiger partial charge >= 0.3 is 6.18 Å². The first-order valence-electron chi connectivity index (χ1n) is 11.7. The predicted molar refractivity (Wildman–Crippen MR) is 132 cm³/mol. The second-order valence-electron chi connectivity index (χ2n) is 8.39. The Morgan fingerprint density at radius 3 is 2.23 bits per heavy atom. The van der Waals surface area contributed by atoms with E-state index in [9.17, 15) is 27.2 Å². The van der Waals surface area contributed by atoms with E-state index in [4.69, 9.17) is 4.74 Å². The van der Waals surface area contributed by atoms with E-state index < -0.39 is 30.4 Å². The molecule has 12 heteroatoms. The number of carbonyl (C=O) groups excluding carboxylic acids is 2. The minimum atomic E-state index is -4.53. The zero-order valence-electron chi connectivity index (χ0n) is 20.4. The molecule has 0 atom stereocenters. The smallest absolute Gasteiger partial charge is 0.370 e. The molecular weight excluding hydrogens is 518 g/mol. The summed E-state index contributed by atoms with van der Waals surface area (Å²) < 4.78 is 58.4. The third-order valence-corrected chi connectivity index (χ3v) is 5.55. The first kappa shape index (κ1) is 27.5. The second-order valence-corrected chi connectivity index (χ2v) is 8.39. The van der Waals surface area contributed by atoms with Crippen LogP contribution in [0.15, 0.2) is 78.9 Å². The van der Waals surface area contributed by atoms with Crippen LogP contribution in [0.3, 0.4) is 0 Å². The summed E-state index contributed by atoms with van der Waals surface area (Å²) in [7, 11) is 0. The van der Waals surface area contributed by atoms with Crippen molar-refractivity contribution in [3.63, 3.8) is 0 Å². The Morgan fingerprint density at radius 2 is 1.54 bits per heavy atom. The highest BCUT2D eigenvalue weighted by molar-refractivity contribution is 5.94. The molecule has 2 amide bonds. The molecule has 0 fully saturated rings. The number of rotatable bonds is 10. The summed E-state index contributed by atoms with van der Waals surface area (Å²) in [6.07, 6.45) is -4.53. The van der Waals surface area contributed by atoms with Crippen molar-refractivity contribution in [3.8, 4) is 5.69 Å². The van der Waals surface area contributed by atoms with Crippen LogP contribution in [0.1, 0.15) is 37.7 Å². The Kier molecular flexibility index (Phi) is 8.67. The van der Waals surface area contributed by atoms with Crippen LogP contribution >= 0.6 is 0 Å². The lowest BCUT2D eigenvalue weighted by molar-refractivity contribution is -0.123. The van der Waals surface area contributed by atoms with E-state index >= 15 is 0 Å². The molecule has 2 N–H and O–H groups in total. The van der Waals surface area contributed by atoms with Crippen LogP contribution in [0.5, 0.6) is 0 Å². The van der Waals surface area contributed by atoms with E-state index in [2.05, 4.69) is 15.6 Å². The largest absolute Gasteiger partial charge is 0.405 e. The summed E-state index contributed by atoms with van der Waals surface area (Å²) in [5, 5.41) is 12.5. The number of nitrogens with zero attached hydrogens (tertiary/aromatic N) is 3. The summed E-state index contributed by atoms with van der Waals surface area (Å²) in [5.41, 5.74) is 1.82. The summed E-state index contributed by atoms with van der Waals surface area (Å²) in [6.45, 7) is -1.37. The van der Waals surface area contributed by atoms with Crippen LogP contribution in [-0.2, 0) is 24.5 Å². The molecule has 1 aromatic heterocycles. The molecule has 0 radical (unpaired) electrons. The molecule has 1 heterocycles. The molecule has 0 aliphatic carbocycles. The molecule has 0 saturated heterocycles. The summed E-state index contributed by atoms with van der Waals surface area (Å²) in [4.78, 5) is 25.0. The molecule has 39 heavy (non-hydrogen) atoms. The number of alkyl halides is 3. The topological polar surface area (TPSA) is 98.1 Å². The van der Waals surface area contributed by atoms with E-state index in [-0.39, 0.29) is 36.7 Å². The van der Waals surface area contributed by atoms with Gasteiger partial charge in [0.1, 0.15) is 18.1 Å². The first-order valence-corrected chi connectivity index (χ1v) is 11.7. The monoisotopic (exact) mass is 541 g/mol. The van der Waals surface area contributed by atoms with E-state index in [1.807, 2.05) is 30.3 Å². The van der Waals surface area contributed by atoms with Crippen LogP contribution in [0.25, 0.3) is 5.69 Å². The van der Waals surface area contributed by atoms with Crippen molar-refractivity contribution >= 4 is 11.8 Å². The lowest BCUT2D eigenvalue weighted by Crippen LogP contribution is -2.33. The van der Waals surface area contributed by atoms with Crippen molar-refractivity contribution in [2.45, 2.75) is 25.9 Å². The standard InChI is InChI=1S/C27H23F4N5O3/c28-22-9-5-4-8-20(22)14-32-26(38)24-23(16-39-15-18-6-2-1-3-7-18)36(35-34-24)21-12-10-19(11-13-21)25(37)33-17-27(29,30)31/h1-13H,14-17H2,(H,32,38)(H,33,37). The Hall–Kier alpha value is -4.58. The van der Waals surface area contributed by atoms with Crippen molar-refractivity contribution in [1.29, 1.82) is 0 Å². The number of nitrogens with one attached hydrogen (secondary N) is 2. The van der Waals surface area contributed by atoms with Crippen molar-refractivity contribution in [2.24, 2.45) is 0 Å². The van der Waals surface area contributed by atoms with Crippen molar-refractivity contribution in [2.75, 3.05) is 6.54 Å².